The second-order valence-corrected chi connectivity index (χ2v) is 7.43. The third-order valence-corrected chi connectivity index (χ3v) is 5.35. The van der Waals surface area contributed by atoms with Crippen molar-refractivity contribution in [2.24, 2.45) is 5.73 Å². The molecule has 1 amide bonds. The number of anilines is 3. The summed E-state index contributed by atoms with van der Waals surface area (Å²) in [5, 5.41) is 3.28. The highest BCUT2D eigenvalue weighted by Gasteiger charge is 2.19. The number of rotatable bonds is 4. The van der Waals surface area contributed by atoms with E-state index in [9.17, 15) is 4.79 Å². The Bertz CT molecular complexity index is 846. The smallest absolute Gasteiger partial charge is 0.271 e. The van der Waals surface area contributed by atoms with Gasteiger partial charge in [-0.2, -0.15) is 0 Å². The Morgan fingerprint density at radius 3 is 2.74 bits per heavy atom. The number of carbonyl (C=O) groups is 1. The fourth-order valence-electron chi connectivity index (χ4n) is 3.83. The van der Waals surface area contributed by atoms with Crippen LogP contribution in [0.1, 0.15) is 40.9 Å². The van der Waals surface area contributed by atoms with E-state index in [2.05, 4.69) is 44.3 Å². The Kier molecular flexibility index (Phi) is 4.94. The molecule has 0 aliphatic carbocycles. The number of nitrogens with two attached hydrogens (primary N) is 1. The number of likely N-dealkylation sites (N-methyl/N-ethyl adjacent to an activating group) is 1. The van der Waals surface area contributed by atoms with Gasteiger partial charge in [0, 0.05) is 31.9 Å². The topological polar surface area (TPSA) is 87.4 Å². The van der Waals surface area contributed by atoms with Crippen LogP contribution in [-0.4, -0.2) is 47.5 Å². The average Bonchev–Trinajstić information content (AvgIpc) is 2.68. The molecule has 4 rings (SSSR count). The minimum atomic E-state index is -0.574. The van der Waals surface area contributed by atoms with Crippen molar-refractivity contribution in [3.05, 3.63) is 41.2 Å². The van der Waals surface area contributed by atoms with Crippen LogP contribution in [0.4, 0.5) is 17.3 Å². The maximum absolute atomic E-state index is 11.8. The summed E-state index contributed by atoms with van der Waals surface area (Å²) in [4.78, 5) is 25.3. The van der Waals surface area contributed by atoms with Gasteiger partial charge in [0.05, 0.1) is 6.20 Å². The van der Waals surface area contributed by atoms with Crippen molar-refractivity contribution in [1.29, 1.82) is 0 Å². The lowest BCUT2D eigenvalue weighted by Gasteiger charge is -2.28. The molecule has 2 aliphatic heterocycles. The number of carbonyl (C=O) groups excluding carboxylic acids is 1. The Morgan fingerprint density at radius 1 is 1.15 bits per heavy atom. The lowest BCUT2D eigenvalue weighted by molar-refractivity contribution is 0.0996. The summed E-state index contributed by atoms with van der Waals surface area (Å²) in [6.45, 7) is 3.95. The second kappa shape index (κ2) is 7.52. The van der Waals surface area contributed by atoms with E-state index in [1.807, 2.05) is 6.07 Å². The molecule has 7 heteroatoms. The third-order valence-electron chi connectivity index (χ3n) is 5.35. The molecule has 1 fully saturated rings. The summed E-state index contributed by atoms with van der Waals surface area (Å²) in [7, 11) is 2.13. The van der Waals surface area contributed by atoms with Crippen molar-refractivity contribution < 1.29 is 4.79 Å². The first-order chi connectivity index (χ1) is 13.1. The number of nitrogens with one attached hydrogen (secondary N) is 1. The molecule has 27 heavy (non-hydrogen) atoms. The van der Waals surface area contributed by atoms with Gasteiger partial charge >= 0.3 is 0 Å². The molecule has 1 saturated heterocycles. The summed E-state index contributed by atoms with van der Waals surface area (Å²) in [6.07, 6.45) is 6.23. The van der Waals surface area contributed by atoms with Crippen LogP contribution in [0.25, 0.3) is 0 Å². The van der Waals surface area contributed by atoms with E-state index < -0.39 is 5.91 Å². The lowest BCUT2D eigenvalue weighted by Crippen LogP contribution is -2.31. The van der Waals surface area contributed by atoms with Gasteiger partial charge in [-0.3, -0.25) is 4.79 Å². The maximum Gasteiger partial charge on any atom is 0.271 e. The number of benzene rings is 1. The van der Waals surface area contributed by atoms with Crippen LogP contribution < -0.4 is 16.0 Å². The van der Waals surface area contributed by atoms with Crippen molar-refractivity contribution in [2.45, 2.75) is 32.2 Å². The maximum atomic E-state index is 11.8. The monoisotopic (exact) mass is 366 g/mol. The van der Waals surface area contributed by atoms with Crippen LogP contribution in [-0.2, 0) is 13.0 Å². The van der Waals surface area contributed by atoms with E-state index in [1.54, 1.807) is 6.20 Å². The summed E-state index contributed by atoms with van der Waals surface area (Å²) in [5.41, 5.74) is 9.28. The van der Waals surface area contributed by atoms with Crippen LogP contribution in [0.3, 0.4) is 0 Å². The van der Waals surface area contributed by atoms with Crippen molar-refractivity contribution in [3.63, 3.8) is 0 Å². The molecule has 142 valence electrons. The van der Waals surface area contributed by atoms with Crippen molar-refractivity contribution >= 4 is 23.2 Å². The number of aromatic nitrogens is 2. The predicted molar refractivity (Wildman–Crippen MR) is 106 cm³/mol. The van der Waals surface area contributed by atoms with Gasteiger partial charge in [-0.15, -0.1) is 0 Å². The zero-order valence-electron chi connectivity index (χ0n) is 15.7. The molecule has 0 atom stereocenters. The number of hydrogen-bond acceptors (Lipinski definition) is 6. The number of fused-ring (bicyclic) bond motifs is 1. The third kappa shape index (κ3) is 3.88. The van der Waals surface area contributed by atoms with Gasteiger partial charge in [-0.1, -0.05) is 6.07 Å². The number of piperidine rings is 1. The Balaban J connectivity index is 1.62. The molecular weight excluding hydrogens is 340 g/mol. The molecule has 2 aromatic rings. The second-order valence-electron chi connectivity index (χ2n) is 7.43. The zero-order chi connectivity index (χ0) is 18.8. The molecule has 3 heterocycles. The van der Waals surface area contributed by atoms with Crippen LogP contribution in [0.2, 0.25) is 0 Å². The first-order valence-corrected chi connectivity index (χ1v) is 9.59. The number of nitrogens with zero attached hydrogens (tertiary/aromatic N) is 4. The molecule has 0 spiro atoms. The van der Waals surface area contributed by atoms with Gasteiger partial charge < -0.3 is 20.9 Å². The Morgan fingerprint density at radius 2 is 1.96 bits per heavy atom. The SMILES string of the molecule is CN1CCc2cc(Nc3nc(N4CCCCC4)cnc3C(N)=O)ccc2C1. The zero-order valence-corrected chi connectivity index (χ0v) is 15.7. The van der Waals surface area contributed by atoms with Crippen LogP contribution >= 0.6 is 0 Å². The van der Waals surface area contributed by atoms with Gasteiger partial charge in [0.15, 0.2) is 11.5 Å². The summed E-state index contributed by atoms with van der Waals surface area (Å²) >= 11 is 0. The molecule has 0 unspecified atom stereocenters. The van der Waals surface area contributed by atoms with Crippen molar-refractivity contribution in [3.8, 4) is 0 Å². The largest absolute Gasteiger partial charge is 0.364 e. The van der Waals surface area contributed by atoms with Crippen LogP contribution in [0.5, 0.6) is 0 Å². The van der Waals surface area contributed by atoms with E-state index in [1.165, 1.54) is 17.5 Å². The van der Waals surface area contributed by atoms with E-state index in [0.717, 1.165) is 56.9 Å². The van der Waals surface area contributed by atoms with Gasteiger partial charge in [-0.05, 0) is 56.0 Å². The average molecular weight is 366 g/mol. The molecule has 0 radical (unpaired) electrons. The van der Waals surface area contributed by atoms with Crippen molar-refractivity contribution in [2.75, 3.05) is 36.9 Å². The van der Waals surface area contributed by atoms with E-state index in [-0.39, 0.29) is 5.69 Å². The molecule has 0 saturated carbocycles. The number of hydrogen-bond donors (Lipinski definition) is 2. The number of amides is 1. The van der Waals surface area contributed by atoms with Crippen molar-refractivity contribution in [1.82, 2.24) is 14.9 Å². The molecule has 7 nitrogen and oxygen atoms in total. The normalized spacial score (nSPS) is 17.4. The highest BCUT2D eigenvalue weighted by atomic mass is 16.1. The molecule has 1 aromatic heterocycles. The summed E-state index contributed by atoms with van der Waals surface area (Å²) < 4.78 is 0. The highest BCUT2D eigenvalue weighted by molar-refractivity contribution is 5.96. The van der Waals surface area contributed by atoms with E-state index >= 15 is 0 Å². The van der Waals surface area contributed by atoms with Gasteiger partial charge in [0.2, 0.25) is 0 Å². The van der Waals surface area contributed by atoms with Gasteiger partial charge in [0.25, 0.3) is 5.91 Å². The van der Waals surface area contributed by atoms with Crippen LogP contribution in [0, 0.1) is 0 Å². The molecule has 1 aromatic carbocycles. The summed E-state index contributed by atoms with van der Waals surface area (Å²) in [6, 6.07) is 6.31. The van der Waals surface area contributed by atoms with Crippen LogP contribution in [0.15, 0.2) is 24.4 Å². The van der Waals surface area contributed by atoms with E-state index in [4.69, 9.17) is 5.73 Å². The fraction of sp³-hybridized carbons (Fsp3) is 0.450. The standard InChI is InChI=1S/C20H26N6O/c1-25-10-7-14-11-16(6-5-15(14)13-25)23-20-18(19(21)27)22-12-17(24-20)26-8-3-2-4-9-26/h5-6,11-12H,2-4,7-10,13H2,1H3,(H2,21,27)(H,23,24). The van der Waals surface area contributed by atoms with Gasteiger partial charge in [-0.25, -0.2) is 9.97 Å². The molecule has 3 N–H and O–H groups in total. The molecule has 2 aliphatic rings. The molecular formula is C20H26N6O. The Labute approximate surface area is 159 Å². The number of primary amides is 1. The Hall–Kier alpha value is -2.67. The molecule has 0 bridgehead atoms. The predicted octanol–water partition coefficient (Wildman–Crippen LogP) is 2.30. The lowest BCUT2D eigenvalue weighted by atomic mass is 9.99. The first kappa shape index (κ1) is 17.7. The fourth-order valence-corrected chi connectivity index (χ4v) is 3.83. The van der Waals surface area contributed by atoms with E-state index in [0.29, 0.717) is 5.82 Å². The first-order valence-electron chi connectivity index (χ1n) is 9.59. The summed E-state index contributed by atoms with van der Waals surface area (Å²) in [5.74, 6) is 0.648. The highest BCUT2D eigenvalue weighted by Crippen LogP contribution is 2.26. The van der Waals surface area contributed by atoms with Gasteiger partial charge in [0.1, 0.15) is 5.82 Å². The quantitative estimate of drug-likeness (QED) is 0.863. The minimum absolute atomic E-state index is 0.174. The minimum Gasteiger partial charge on any atom is -0.364 e.